The Morgan fingerprint density at radius 2 is 0.509 bits per heavy atom. The van der Waals surface area contributed by atoms with E-state index in [-0.39, 0.29) is 0 Å². The van der Waals surface area contributed by atoms with Crippen LogP contribution in [0.5, 0.6) is 5.75 Å². The fourth-order valence-electron chi connectivity index (χ4n) is 16.9. The fourth-order valence-corrected chi connectivity index (χ4v) is 17.3. The summed E-state index contributed by atoms with van der Waals surface area (Å²) in [6.07, 6.45) is 0. The quantitative estimate of drug-likeness (QED) is 0.116. The van der Waals surface area contributed by atoms with Crippen LogP contribution in [-0.4, -0.2) is 12.7 Å². The number of fused-ring (bicyclic) bond motifs is 16. The smallest absolute Gasteiger partial charge is 0.537 e. The summed E-state index contributed by atoms with van der Waals surface area (Å²) in [4.78, 5) is 0. The van der Waals surface area contributed by atoms with E-state index in [4.69, 9.17) is 13.5 Å². The van der Waals surface area contributed by atoms with E-state index in [0.717, 1.165) is 72.5 Å². The van der Waals surface area contributed by atoms with E-state index in [1.807, 2.05) is 42.5 Å². The maximum absolute atomic E-state index is 9.43. The summed E-state index contributed by atoms with van der Waals surface area (Å²) in [5, 5.41) is 33.1. The largest absolute Gasteiger partial charge is 0.569 e. The lowest BCUT2D eigenvalue weighted by atomic mass is 9.84. The predicted molar refractivity (Wildman–Crippen MR) is 468 cm³/mol. The van der Waals surface area contributed by atoms with Crippen LogP contribution in [0.3, 0.4) is 0 Å². The molecule has 1 radical (unpaired) electrons. The van der Waals surface area contributed by atoms with Gasteiger partial charge in [0.25, 0.3) is 0 Å². The number of furan rings is 2. The third kappa shape index (κ3) is 11.7. The second-order valence-corrected chi connectivity index (χ2v) is 29.0. The second-order valence-electron chi connectivity index (χ2n) is 28.1. The molecule has 22 rings (SSSR count). The lowest BCUT2D eigenvalue weighted by molar-refractivity contribution is 0.459. The van der Waals surface area contributed by atoms with Crippen LogP contribution in [0.1, 0.15) is 0 Å². The van der Waals surface area contributed by atoms with Gasteiger partial charge in [0.2, 0.25) is 0 Å². The Balaban J connectivity index is 0.000000118. The van der Waals surface area contributed by atoms with Gasteiger partial charge in [0.1, 0.15) is 28.1 Å². The zero-order chi connectivity index (χ0) is 73.2. The van der Waals surface area contributed by atoms with Crippen molar-refractivity contribution in [2.24, 2.45) is 0 Å². The summed E-state index contributed by atoms with van der Waals surface area (Å²) in [5.74, 6) is 0.664. The molecular weight excluding hydrogens is 1400 g/mol. The molecular formula is C104H65BBrO4. The van der Waals surface area contributed by atoms with Gasteiger partial charge in [-0.05, 0) is 220 Å². The van der Waals surface area contributed by atoms with Gasteiger partial charge >= 0.3 is 7.69 Å². The first-order valence-corrected chi connectivity index (χ1v) is 37.9. The molecule has 0 saturated heterocycles. The van der Waals surface area contributed by atoms with E-state index >= 15 is 0 Å². The summed E-state index contributed by atoms with van der Waals surface area (Å²) in [6, 6.07) is 138. The maximum atomic E-state index is 9.43. The van der Waals surface area contributed by atoms with Crippen molar-refractivity contribution >= 4 is 154 Å². The number of rotatable bonds is 9. The van der Waals surface area contributed by atoms with Crippen molar-refractivity contribution in [2.75, 3.05) is 0 Å². The van der Waals surface area contributed by atoms with Crippen LogP contribution in [0.15, 0.2) is 402 Å². The van der Waals surface area contributed by atoms with Crippen LogP contribution in [0.4, 0.5) is 0 Å². The first-order chi connectivity index (χ1) is 54.4. The highest BCUT2D eigenvalue weighted by Crippen LogP contribution is 2.48. The third-order valence-electron chi connectivity index (χ3n) is 21.8. The molecule has 0 aliphatic rings. The number of hydrogen-bond donors (Lipinski definition) is 1. The zero-order valence-electron chi connectivity index (χ0n) is 59.6. The Hall–Kier alpha value is -13.6. The van der Waals surface area contributed by atoms with Gasteiger partial charge in [0.05, 0.1) is 0 Å². The highest BCUT2D eigenvalue weighted by molar-refractivity contribution is 9.10. The van der Waals surface area contributed by atoms with Gasteiger partial charge in [-0.15, -0.1) is 0 Å². The van der Waals surface area contributed by atoms with Gasteiger partial charge in [-0.3, -0.25) is 0 Å². The van der Waals surface area contributed by atoms with Gasteiger partial charge in [-0.25, -0.2) is 0 Å². The Labute approximate surface area is 644 Å². The van der Waals surface area contributed by atoms with Crippen molar-refractivity contribution in [3.05, 3.63) is 393 Å². The summed E-state index contributed by atoms with van der Waals surface area (Å²) in [6.45, 7) is 0. The highest BCUT2D eigenvalue weighted by Gasteiger charge is 2.22. The molecule has 4 nitrogen and oxygen atoms in total. The first kappa shape index (κ1) is 65.9. The van der Waals surface area contributed by atoms with Crippen LogP contribution in [-0.2, 0) is 0 Å². The van der Waals surface area contributed by atoms with E-state index in [9.17, 15) is 5.02 Å². The van der Waals surface area contributed by atoms with Crippen LogP contribution >= 0.6 is 15.9 Å². The first-order valence-electron chi connectivity index (χ1n) is 37.1. The standard InChI is InChI=1S/C52H32O.C30H20BO2.C22H13BrO/c1-3-19-40-33(12-1)14-11-25-41(40)37-16-10-18-39(31-37)51-45-23-7-5-21-43(45)50(44-22-6-8-24-46(44)51)38-17-9-15-35(30-38)36-27-28-48-47(32-36)52-42-20-4-2-13-34(42)26-29-49(52)53-48;32-31-33-30-27-16-5-3-14-25(27)29(26-15-4-6-17-28(26)30)22-12-7-11-21(19-22)24-18-8-10-20-9-1-2-13-23(20)24;23-17-6-3-5-15(12-17)16-9-10-20-19(13-16)22-18-7-2-1-4-14(18)8-11-21(22)24-20/h1-32H;1-19,32H;1-13H. The van der Waals surface area contributed by atoms with E-state index in [2.05, 4.69) is 362 Å². The molecule has 0 aliphatic carbocycles. The summed E-state index contributed by atoms with van der Waals surface area (Å²) < 4.78 is 19.1. The molecule has 2 heterocycles. The van der Waals surface area contributed by atoms with E-state index < -0.39 is 0 Å². The van der Waals surface area contributed by atoms with Crippen molar-refractivity contribution in [1.29, 1.82) is 0 Å². The minimum Gasteiger partial charge on any atom is -0.537 e. The lowest BCUT2D eigenvalue weighted by Crippen LogP contribution is -2.02. The minimum atomic E-state index is 0.664. The van der Waals surface area contributed by atoms with Gasteiger partial charge < -0.3 is 18.5 Å². The molecule has 0 fully saturated rings. The average Bonchev–Trinajstić information content (AvgIpc) is 0.855. The minimum absolute atomic E-state index is 0.664. The van der Waals surface area contributed by atoms with Crippen LogP contribution in [0.2, 0.25) is 0 Å². The Morgan fingerprint density at radius 1 is 0.218 bits per heavy atom. The summed E-state index contributed by atoms with van der Waals surface area (Å²) in [5.41, 5.74) is 20.6. The van der Waals surface area contributed by atoms with Crippen LogP contribution in [0.25, 0.3) is 208 Å². The molecule has 6 heteroatoms. The average molecular weight is 1470 g/mol. The molecule has 20 aromatic carbocycles. The Morgan fingerprint density at radius 3 is 0.918 bits per heavy atom. The van der Waals surface area contributed by atoms with Crippen molar-refractivity contribution in [2.45, 2.75) is 0 Å². The summed E-state index contributed by atoms with van der Waals surface area (Å²) in [7, 11) is 0.759. The van der Waals surface area contributed by atoms with E-state index in [0.29, 0.717) is 5.75 Å². The molecule has 515 valence electrons. The highest BCUT2D eigenvalue weighted by atomic mass is 79.9. The normalized spacial score (nSPS) is 11.5. The predicted octanol–water partition coefficient (Wildman–Crippen LogP) is 29.4. The topological polar surface area (TPSA) is 55.7 Å². The van der Waals surface area contributed by atoms with Crippen LogP contribution in [0, 0.1) is 0 Å². The third-order valence-corrected chi connectivity index (χ3v) is 22.3. The monoisotopic (exact) mass is 1470 g/mol. The van der Waals surface area contributed by atoms with Crippen molar-refractivity contribution in [3.63, 3.8) is 0 Å². The zero-order valence-corrected chi connectivity index (χ0v) is 61.2. The molecule has 22 aromatic rings. The van der Waals surface area contributed by atoms with E-state index in [1.165, 1.54) is 148 Å². The molecule has 0 saturated carbocycles. The van der Waals surface area contributed by atoms with Crippen molar-refractivity contribution < 1.29 is 18.5 Å². The maximum Gasteiger partial charge on any atom is 0.569 e. The molecule has 0 atom stereocenters. The number of halogens is 1. The van der Waals surface area contributed by atoms with Gasteiger partial charge in [0.15, 0.2) is 0 Å². The Kier molecular flexibility index (Phi) is 16.7. The molecule has 2 aromatic heterocycles. The van der Waals surface area contributed by atoms with Crippen LogP contribution < -0.4 is 4.65 Å². The van der Waals surface area contributed by atoms with Gasteiger partial charge in [-0.1, -0.05) is 337 Å². The van der Waals surface area contributed by atoms with Gasteiger partial charge in [-0.2, -0.15) is 0 Å². The second kappa shape index (κ2) is 27.9. The van der Waals surface area contributed by atoms with Gasteiger partial charge in [0, 0.05) is 36.8 Å². The molecule has 110 heavy (non-hydrogen) atoms. The molecule has 0 spiro atoms. The number of hydrogen-bond acceptors (Lipinski definition) is 4. The molecule has 1 N–H and O–H groups in total. The van der Waals surface area contributed by atoms with Crippen molar-refractivity contribution in [1.82, 2.24) is 0 Å². The Bertz CT molecular complexity index is 7290. The SMILES string of the molecule is Brc1cccc(-c2ccc3oc4ccc5ccccc5c4c3c2)c1.O[B]Oc1c2ccccc2c(-c2cccc(-c3cccc4ccccc34)c2)c2ccccc12.c1cc(-c2ccc3oc4ccc5ccccc5c4c3c2)cc(-c2c3ccccc3c(-c3cccc(-c4cccc5ccccc45)c3)c3ccccc23)c1. The van der Waals surface area contributed by atoms with Crippen molar-refractivity contribution in [3.8, 4) is 83.6 Å². The molecule has 0 amide bonds. The van der Waals surface area contributed by atoms with E-state index in [1.54, 1.807) is 0 Å². The molecule has 0 aliphatic heterocycles. The summed E-state index contributed by atoms with van der Waals surface area (Å²) >= 11 is 3.56. The lowest BCUT2D eigenvalue weighted by Gasteiger charge is -2.19. The molecule has 0 bridgehead atoms. The molecule has 0 unspecified atom stereocenters. The number of benzene rings is 20. The fraction of sp³-hybridized carbons (Fsp3) is 0.